The maximum Gasteiger partial charge on any atom is 0.163 e. The van der Waals surface area contributed by atoms with Crippen molar-refractivity contribution in [1.82, 2.24) is 9.97 Å². The van der Waals surface area contributed by atoms with Crippen LogP contribution in [0.1, 0.15) is 13.3 Å². The molecule has 1 aromatic carbocycles. The number of hydrogen-bond acceptors (Lipinski definition) is 4. The molecule has 3 nitrogen and oxygen atoms in total. The summed E-state index contributed by atoms with van der Waals surface area (Å²) >= 11 is 7.94. The molecule has 1 N–H and O–H groups in total. The number of benzene rings is 1. The number of nitrogens with zero attached hydrogens (tertiary/aromatic N) is 2. The molecule has 20 heavy (non-hydrogen) atoms. The molecule has 1 heterocycles. The highest BCUT2D eigenvalue weighted by Gasteiger charge is 2.06. The molecule has 0 radical (unpaired) electrons. The zero-order valence-electron chi connectivity index (χ0n) is 11.6. The van der Waals surface area contributed by atoms with E-state index in [-0.39, 0.29) is 0 Å². The predicted molar refractivity (Wildman–Crippen MR) is 88.6 cm³/mol. The standard InChI is InChI=1S/C15H18ClN3S/c1-11(20-2)8-9-17-14-10-13(16)18-15(19-14)12-6-4-3-5-7-12/h3-7,10-11H,8-9H2,1-2H3,(H,17,18,19). The topological polar surface area (TPSA) is 37.8 Å². The van der Waals surface area contributed by atoms with Gasteiger partial charge in [0.1, 0.15) is 11.0 Å². The second-order valence-electron chi connectivity index (χ2n) is 4.53. The summed E-state index contributed by atoms with van der Waals surface area (Å²) in [5.41, 5.74) is 0.968. The van der Waals surface area contributed by atoms with E-state index in [1.807, 2.05) is 42.1 Å². The molecular weight excluding hydrogens is 290 g/mol. The fourth-order valence-corrected chi connectivity index (χ4v) is 2.28. The second kappa shape index (κ2) is 7.50. The lowest BCUT2D eigenvalue weighted by Gasteiger charge is -2.10. The van der Waals surface area contributed by atoms with Gasteiger partial charge in [0, 0.05) is 23.4 Å². The quantitative estimate of drug-likeness (QED) is 0.805. The Bertz CT molecular complexity index is 548. The first-order valence-corrected chi connectivity index (χ1v) is 8.22. The molecule has 2 rings (SSSR count). The highest BCUT2D eigenvalue weighted by molar-refractivity contribution is 7.99. The second-order valence-corrected chi connectivity index (χ2v) is 6.19. The van der Waals surface area contributed by atoms with E-state index < -0.39 is 0 Å². The Morgan fingerprint density at radius 1 is 1.25 bits per heavy atom. The van der Waals surface area contributed by atoms with E-state index >= 15 is 0 Å². The van der Waals surface area contributed by atoms with E-state index in [0.717, 1.165) is 24.3 Å². The number of hydrogen-bond donors (Lipinski definition) is 1. The molecular formula is C15H18ClN3S. The molecule has 106 valence electrons. The normalized spacial score (nSPS) is 12.2. The van der Waals surface area contributed by atoms with E-state index in [4.69, 9.17) is 11.6 Å². The summed E-state index contributed by atoms with van der Waals surface area (Å²) in [6.07, 6.45) is 3.21. The van der Waals surface area contributed by atoms with Crippen LogP contribution in [0.2, 0.25) is 5.15 Å². The summed E-state index contributed by atoms with van der Waals surface area (Å²) in [6.45, 7) is 3.10. The summed E-state index contributed by atoms with van der Waals surface area (Å²) in [7, 11) is 0. The van der Waals surface area contributed by atoms with Gasteiger partial charge in [0.15, 0.2) is 5.82 Å². The Morgan fingerprint density at radius 3 is 2.70 bits per heavy atom. The Kier molecular flexibility index (Phi) is 5.68. The molecule has 1 unspecified atom stereocenters. The SMILES string of the molecule is CSC(C)CCNc1cc(Cl)nc(-c2ccccc2)n1. The summed E-state index contributed by atoms with van der Waals surface area (Å²) in [5, 5.41) is 4.40. The minimum atomic E-state index is 0.458. The largest absolute Gasteiger partial charge is 0.370 e. The maximum atomic E-state index is 6.07. The maximum absolute atomic E-state index is 6.07. The van der Waals surface area contributed by atoms with Crippen LogP contribution in [0.15, 0.2) is 36.4 Å². The number of nitrogens with one attached hydrogen (secondary N) is 1. The molecule has 5 heteroatoms. The molecule has 0 bridgehead atoms. The zero-order valence-corrected chi connectivity index (χ0v) is 13.2. The van der Waals surface area contributed by atoms with Crippen molar-refractivity contribution in [3.05, 3.63) is 41.6 Å². The zero-order chi connectivity index (χ0) is 14.4. The summed E-state index contributed by atoms with van der Waals surface area (Å²) in [5.74, 6) is 1.43. The molecule has 1 atom stereocenters. The van der Waals surface area contributed by atoms with Gasteiger partial charge in [0.05, 0.1) is 0 Å². The van der Waals surface area contributed by atoms with Gasteiger partial charge in [-0.05, 0) is 12.7 Å². The molecule has 0 aliphatic rings. The van der Waals surface area contributed by atoms with Crippen molar-refractivity contribution in [3.63, 3.8) is 0 Å². The van der Waals surface area contributed by atoms with E-state index in [2.05, 4.69) is 28.5 Å². The molecule has 0 aliphatic heterocycles. The summed E-state index contributed by atoms with van der Waals surface area (Å²) < 4.78 is 0. The van der Waals surface area contributed by atoms with Gasteiger partial charge in [-0.15, -0.1) is 0 Å². The number of aromatic nitrogens is 2. The van der Waals surface area contributed by atoms with Gasteiger partial charge in [0.25, 0.3) is 0 Å². The molecule has 0 amide bonds. The highest BCUT2D eigenvalue weighted by Crippen LogP contribution is 2.20. The van der Waals surface area contributed by atoms with Gasteiger partial charge in [0.2, 0.25) is 0 Å². The van der Waals surface area contributed by atoms with E-state index in [1.54, 1.807) is 6.07 Å². The molecule has 0 fully saturated rings. The summed E-state index contributed by atoms with van der Waals surface area (Å²) in [4.78, 5) is 8.79. The number of anilines is 1. The summed E-state index contributed by atoms with van der Waals surface area (Å²) in [6, 6.07) is 11.6. The fourth-order valence-electron chi connectivity index (χ4n) is 1.75. The lowest BCUT2D eigenvalue weighted by molar-refractivity contribution is 0.849. The Balaban J connectivity index is 2.09. The monoisotopic (exact) mass is 307 g/mol. The first kappa shape index (κ1) is 15.1. The molecule has 0 saturated heterocycles. The van der Waals surface area contributed by atoms with Crippen LogP contribution in [0.5, 0.6) is 0 Å². The Hall–Kier alpha value is -1.26. The van der Waals surface area contributed by atoms with Crippen LogP contribution in [-0.2, 0) is 0 Å². The average Bonchev–Trinajstić information content (AvgIpc) is 2.47. The van der Waals surface area contributed by atoms with Crippen molar-refractivity contribution < 1.29 is 0 Å². The minimum Gasteiger partial charge on any atom is -0.370 e. The van der Waals surface area contributed by atoms with Crippen molar-refractivity contribution in [2.75, 3.05) is 18.1 Å². The first-order valence-electron chi connectivity index (χ1n) is 6.55. The minimum absolute atomic E-state index is 0.458. The third-order valence-electron chi connectivity index (χ3n) is 2.99. The molecule has 0 spiro atoms. The smallest absolute Gasteiger partial charge is 0.163 e. The lowest BCUT2D eigenvalue weighted by atomic mass is 10.2. The molecule has 2 aromatic rings. The van der Waals surface area contributed by atoms with Crippen LogP contribution in [0.25, 0.3) is 11.4 Å². The molecule has 0 aliphatic carbocycles. The van der Waals surface area contributed by atoms with Crippen molar-refractivity contribution in [3.8, 4) is 11.4 Å². The van der Waals surface area contributed by atoms with Crippen molar-refractivity contribution in [2.45, 2.75) is 18.6 Å². The van der Waals surface area contributed by atoms with Crippen molar-refractivity contribution in [2.24, 2.45) is 0 Å². The van der Waals surface area contributed by atoms with Crippen LogP contribution >= 0.6 is 23.4 Å². The third-order valence-corrected chi connectivity index (χ3v) is 4.22. The van der Waals surface area contributed by atoms with Crippen LogP contribution in [0.4, 0.5) is 5.82 Å². The van der Waals surface area contributed by atoms with Crippen molar-refractivity contribution in [1.29, 1.82) is 0 Å². The van der Waals surface area contributed by atoms with Crippen LogP contribution < -0.4 is 5.32 Å². The molecule has 1 aromatic heterocycles. The highest BCUT2D eigenvalue weighted by atomic mass is 35.5. The van der Waals surface area contributed by atoms with Crippen LogP contribution in [-0.4, -0.2) is 28.0 Å². The predicted octanol–water partition coefficient (Wildman–Crippen LogP) is 4.35. The molecule has 0 saturated carbocycles. The first-order chi connectivity index (χ1) is 9.69. The third kappa shape index (κ3) is 4.39. The van der Waals surface area contributed by atoms with E-state index in [1.165, 1.54) is 0 Å². The van der Waals surface area contributed by atoms with Crippen LogP contribution in [0.3, 0.4) is 0 Å². The van der Waals surface area contributed by atoms with Gasteiger partial charge >= 0.3 is 0 Å². The van der Waals surface area contributed by atoms with Crippen molar-refractivity contribution >= 4 is 29.2 Å². The van der Waals surface area contributed by atoms with Gasteiger partial charge in [-0.3, -0.25) is 0 Å². The van der Waals surface area contributed by atoms with Crippen LogP contribution in [0, 0.1) is 0 Å². The number of halogens is 1. The fraction of sp³-hybridized carbons (Fsp3) is 0.333. The van der Waals surface area contributed by atoms with E-state index in [9.17, 15) is 0 Å². The number of thioether (sulfide) groups is 1. The number of rotatable bonds is 6. The average molecular weight is 308 g/mol. The van der Waals surface area contributed by atoms with E-state index in [0.29, 0.717) is 16.2 Å². The van der Waals surface area contributed by atoms with Gasteiger partial charge < -0.3 is 5.32 Å². The lowest BCUT2D eigenvalue weighted by Crippen LogP contribution is -2.09. The Labute approximate surface area is 129 Å². The van der Waals surface area contributed by atoms with Gasteiger partial charge in [-0.2, -0.15) is 11.8 Å². The van der Waals surface area contributed by atoms with Gasteiger partial charge in [-0.1, -0.05) is 48.9 Å². The van der Waals surface area contributed by atoms with Gasteiger partial charge in [-0.25, -0.2) is 9.97 Å². The Morgan fingerprint density at radius 2 is 2.00 bits per heavy atom.